The fraction of sp³-hybridized carbons (Fsp3) is 0. The van der Waals surface area contributed by atoms with Gasteiger partial charge in [-0.05, 0) is 12.1 Å². The van der Waals surface area contributed by atoms with Crippen molar-refractivity contribution < 1.29 is 8.78 Å². The lowest BCUT2D eigenvalue weighted by molar-refractivity contribution is 0.617. The molecule has 0 aliphatic carbocycles. The average molecular weight is 344 g/mol. The Bertz CT molecular complexity index is 1050. The van der Waals surface area contributed by atoms with E-state index in [1.165, 1.54) is 12.3 Å². The van der Waals surface area contributed by atoms with Crippen molar-refractivity contribution in [3.63, 3.8) is 0 Å². The maximum atomic E-state index is 14.9. The molecule has 126 valence electrons. The Morgan fingerprint density at radius 3 is 2.00 bits per heavy atom. The van der Waals surface area contributed by atoms with Gasteiger partial charge in [-0.25, -0.2) is 13.8 Å². The summed E-state index contributed by atoms with van der Waals surface area (Å²) in [6, 6.07) is 23.1. The van der Waals surface area contributed by atoms with Crippen molar-refractivity contribution in [1.29, 1.82) is 0 Å². The summed E-state index contributed by atoms with van der Waals surface area (Å²) in [7, 11) is 0. The first-order chi connectivity index (χ1) is 12.7. The summed E-state index contributed by atoms with van der Waals surface area (Å²) < 4.78 is 29.3. The van der Waals surface area contributed by atoms with E-state index in [4.69, 9.17) is 0 Å². The third-order valence-electron chi connectivity index (χ3n) is 4.09. The molecular formula is C22H14F2N2. The lowest BCUT2D eigenvalue weighted by atomic mass is 10.0. The van der Waals surface area contributed by atoms with Crippen molar-refractivity contribution >= 4 is 22.3 Å². The van der Waals surface area contributed by atoms with E-state index in [0.29, 0.717) is 5.71 Å². The van der Waals surface area contributed by atoms with Crippen LogP contribution in [0.5, 0.6) is 0 Å². The molecule has 2 nitrogen and oxygen atoms in total. The monoisotopic (exact) mass is 344 g/mol. The summed E-state index contributed by atoms with van der Waals surface area (Å²) in [5, 5.41) is 0.117. The number of aliphatic imine (C=N–C) groups is 1. The quantitative estimate of drug-likeness (QED) is 0.439. The van der Waals surface area contributed by atoms with Gasteiger partial charge in [0.15, 0.2) is 11.6 Å². The summed E-state index contributed by atoms with van der Waals surface area (Å²) >= 11 is 0. The smallest absolute Gasteiger partial charge is 0.158 e. The van der Waals surface area contributed by atoms with Crippen LogP contribution in [0.1, 0.15) is 11.1 Å². The molecule has 0 unspecified atom stereocenters. The van der Waals surface area contributed by atoms with Gasteiger partial charge in [0.1, 0.15) is 11.2 Å². The Hall–Kier alpha value is -3.40. The second kappa shape index (κ2) is 6.84. The Labute approximate surface area is 149 Å². The number of nitrogens with zero attached hydrogens (tertiary/aromatic N) is 2. The number of hydrogen-bond acceptors (Lipinski definition) is 2. The highest BCUT2D eigenvalue weighted by Crippen LogP contribution is 2.29. The minimum atomic E-state index is -0.596. The molecule has 0 amide bonds. The first kappa shape index (κ1) is 16.1. The van der Waals surface area contributed by atoms with E-state index in [1.54, 1.807) is 6.07 Å². The molecule has 0 bridgehead atoms. The van der Waals surface area contributed by atoms with E-state index in [0.717, 1.165) is 17.2 Å². The van der Waals surface area contributed by atoms with Crippen LogP contribution in [0.2, 0.25) is 0 Å². The van der Waals surface area contributed by atoms with Crippen LogP contribution in [0, 0.1) is 11.6 Å². The summed E-state index contributed by atoms with van der Waals surface area (Å²) in [5.41, 5.74) is 2.18. The van der Waals surface area contributed by atoms with Crippen LogP contribution >= 0.6 is 0 Å². The first-order valence-corrected chi connectivity index (χ1v) is 8.16. The first-order valence-electron chi connectivity index (χ1n) is 8.16. The highest BCUT2D eigenvalue weighted by atomic mass is 19.1. The molecule has 4 rings (SSSR count). The van der Waals surface area contributed by atoms with Crippen molar-refractivity contribution in [2.45, 2.75) is 0 Å². The van der Waals surface area contributed by atoms with Gasteiger partial charge in [0.05, 0.1) is 5.71 Å². The molecular weight excluding hydrogens is 330 g/mol. The highest BCUT2D eigenvalue weighted by molar-refractivity contribution is 6.14. The SMILES string of the molecule is Fc1c(N=C(c2ccccc2)c2ccccc2)cc(F)c2ncccc12. The lowest BCUT2D eigenvalue weighted by Crippen LogP contribution is -2.03. The van der Waals surface area contributed by atoms with Crippen molar-refractivity contribution in [3.05, 3.63) is 108 Å². The second-order valence-electron chi connectivity index (χ2n) is 5.78. The Balaban J connectivity index is 1.96. The van der Waals surface area contributed by atoms with Crippen LogP contribution in [0.3, 0.4) is 0 Å². The van der Waals surface area contributed by atoms with Gasteiger partial charge in [-0.1, -0.05) is 60.7 Å². The molecule has 0 saturated carbocycles. The fourth-order valence-electron chi connectivity index (χ4n) is 2.85. The lowest BCUT2D eigenvalue weighted by Gasteiger charge is -2.09. The summed E-state index contributed by atoms with van der Waals surface area (Å²) in [6.45, 7) is 0. The summed E-state index contributed by atoms with van der Waals surface area (Å²) in [6.07, 6.45) is 1.44. The zero-order chi connectivity index (χ0) is 17.9. The van der Waals surface area contributed by atoms with Crippen LogP contribution in [0.25, 0.3) is 10.9 Å². The zero-order valence-corrected chi connectivity index (χ0v) is 13.7. The number of halogens is 2. The minimum absolute atomic E-state index is 0.00456. The van der Waals surface area contributed by atoms with Crippen LogP contribution in [-0.4, -0.2) is 10.7 Å². The molecule has 0 fully saturated rings. The van der Waals surface area contributed by atoms with E-state index in [9.17, 15) is 8.78 Å². The van der Waals surface area contributed by atoms with E-state index in [2.05, 4.69) is 9.98 Å². The molecule has 0 N–H and O–H groups in total. The van der Waals surface area contributed by atoms with Gasteiger partial charge in [0, 0.05) is 28.8 Å². The van der Waals surface area contributed by atoms with Crippen molar-refractivity contribution in [3.8, 4) is 0 Å². The van der Waals surface area contributed by atoms with Crippen molar-refractivity contribution in [1.82, 2.24) is 4.98 Å². The highest BCUT2D eigenvalue weighted by Gasteiger charge is 2.14. The van der Waals surface area contributed by atoms with Gasteiger partial charge in [-0.15, -0.1) is 0 Å². The number of hydrogen-bond donors (Lipinski definition) is 0. The zero-order valence-electron chi connectivity index (χ0n) is 13.7. The van der Waals surface area contributed by atoms with Crippen LogP contribution in [0.4, 0.5) is 14.5 Å². The number of rotatable bonds is 3. The molecule has 0 aliphatic heterocycles. The van der Waals surface area contributed by atoms with Crippen LogP contribution in [0.15, 0.2) is 90.1 Å². The van der Waals surface area contributed by atoms with E-state index < -0.39 is 11.6 Å². The number of aromatic nitrogens is 1. The van der Waals surface area contributed by atoms with Crippen LogP contribution in [-0.2, 0) is 0 Å². The van der Waals surface area contributed by atoms with Gasteiger partial charge in [0.25, 0.3) is 0 Å². The van der Waals surface area contributed by atoms with E-state index >= 15 is 0 Å². The molecule has 0 saturated heterocycles. The molecule has 0 spiro atoms. The summed E-state index contributed by atoms with van der Waals surface area (Å²) in [5.74, 6) is -1.18. The predicted octanol–water partition coefficient (Wildman–Crippen LogP) is 5.68. The maximum Gasteiger partial charge on any atom is 0.158 e. The number of fused-ring (bicyclic) bond motifs is 1. The molecule has 1 heterocycles. The van der Waals surface area contributed by atoms with Gasteiger partial charge in [-0.3, -0.25) is 4.98 Å². The van der Waals surface area contributed by atoms with Gasteiger partial charge >= 0.3 is 0 Å². The molecule has 1 aromatic heterocycles. The molecule has 4 aromatic rings. The Morgan fingerprint density at radius 1 is 0.769 bits per heavy atom. The maximum absolute atomic E-state index is 14.9. The molecule has 0 radical (unpaired) electrons. The molecule has 0 aliphatic rings. The summed E-state index contributed by atoms with van der Waals surface area (Å²) in [4.78, 5) is 8.40. The standard InChI is InChI=1S/C22H14F2N2/c23-18-14-19(20(24)17-12-7-13-25-22(17)18)26-21(15-8-3-1-4-9-15)16-10-5-2-6-11-16/h1-14H. The molecule has 0 atom stereocenters. The number of pyridine rings is 1. The number of benzene rings is 3. The molecule has 4 heteroatoms. The Morgan fingerprint density at radius 2 is 1.38 bits per heavy atom. The van der Waals surface area contributed by atoms with Crippen molar-refractivity contribution in [2.24, 2.45) is 4.99 Å². The van der Waals surface area contributed by atoms with E-state index in [-0.39, 0.29) is 16.6 Å². The average Bonchev–Trinajstić information content (AvgIpc) is 2.71. The van der Waals surface area contributed by atoms with Crippen molar-refractivity contribution in [2.75, 3.05) is 0 Å². The van der Waals surface area contributed by atoms with E-state index in [1.807, 2.05) is 60.7 Å². The third kappa shape index (κ3) is 2.97. The topological polar surface area (TPSA) is 25.2 Å². The predicted molar refractivity (Wildman–Crippen MR) is 99.8 cm³/mol. The third-order valence-corrected chi connectivity index (χ3v) is 4.09. The van der Waals surface area contributed by atoms with Gasteiger partial charge in [0.2, 0.25) is 0 Å². The Kier molecular flexibility index (Phi) is 4.23. The largest absolute Gasteiger partial charge is 0.253 e. The molecule has 26 heavy (non-hydrogen) atoms. The van der Waals surface area contributed by atoms with Gasteiger partial charge < -0.3 is 0 Å². The second-order valence-corrected chi connectivity index (χ2v) is 5.78. The minimum Gasteiger partial charge on any atom is -0.253 e. The normalized spacial score (nSPS) is 10.7. The van der Waals surface area contributed by atoms with Gasteiger partial charge in [-0.2, -0.15) is 0 Å². The molecule has 3 aromatic carbocycles. The van der Waals surface area contributed by atoms with Crippen LogP contribution < -0.4 is 0 Å². The fourth-order valence-corrected chi connectivity index (χ4v) is 2.85.